The minimum absolute atomic E-state index is 0.0887. The van der Waals surface area contributed by atoms with Gasteiger partial charge in [-0.05, 0) is 43.0 Å². The number of anilines is 1. The lowest BCUT2D eigenvalue weighted by Crippen LogP contribution is -2.34. The van der Waals surface area contributed by atoms with Crippen LogP contribution in [0.1, 0.15) is 30.1 Å². The normalized spacial score (nSPS) is 18.0. The average molecular weight is 384 g/mol. The number of fused-ring (bicyclic) bond motifs is 1. The summed E-state index contributed by atoms with van der Waals surface area (Å²) in [7, 11) is 0. The van der Waals surface area contributed by atoms with Crippen LogP contribution in [0.25, 0.3) is 0 Å². The first-order valence-corrected chi connectivity index (χ1v) is 9.16. The summed E-state index contributed by atoms with van der Waals surface area (Å²) in [6.45, 7) is 3.79. The molecule has 0 aliphatic carbocycles. The van der Waals surface area contributed by atoms with Crippen molar-refractivity contribution in [2.45, 2.75) is 19.8 Å². The van der Waals surface area contributed by atoms with Gasteiger partial charge in [-0.2, -0.15) is 0 Å². The fraction of sp³-hybridized carbons (Fsp3) is 0.350. The molecule has 0 radical (unpaired) electrons. The third-order valence-electron chi connectivity index (χ3n) is 4.96. The van der Waals surface area contributed by atoms with E-state index in [1.807, 2.05) is 4.90 Å². The van der Waals surface area contributed by atoms with Crippen molar-refractivity contribution in [3.05, 3.63) is 52.1 Å². The zero-order valence-electron chi connectivity index (χ0n) is 15.4. The lowest BCUT2D eigenvalue weighted by molar-refractivity contribution is -0.384. The van der Waals surface area contributed by atoms with Gasteiger partial charge < -0.3 is 19.1 Å². The highest BCUT2D eigenvalue weighted by atomic mass is 16.7. The maximum absolute atomic E-state index is 12.5. The van der Waals surface area contributed by atoms with Crippen LogP contribution in [0, 0.1) is 16.0 Å². The Balaban J connectivity index is 1.56. The summed E-state index contributed by atoms with van der Waals surface area (Å²) in [6, 6.07) is 9.27. The van der Waals surface area contributed by atoms with Crippen molar-refractivity contribution in [2.75, 3.05) is 24.8 Å². The third kappa shape index (κ3) is 3.58. The fourth-order valence-electron chi connectivity index (χ4n) is 3.58. The van der Waals surface area contributed by atoms with E-state index in [2.05, 4.69) is 6.92 Å². The Morgan fingerprint density at radius 3 is 2.82 bits per heavy atom. The first-order chi connectivity index (χ1) is 13.5. The lowest BCUT2D eigenvalue weighted by atomic mass is 9.99. The monoisotopic (exact) mass is 384 g/mol. The van der Waals surface area contributed by atoms with Gasteiger partial charge in [0.1, 0.15) is 11.4 Å². The fourth-order valence-corrected chi connectivity index (χ4v) is 3.58. The van der Waals surface area contributed by atoms with E-state index in [4.69, 9.17) is 14.2 Å². The first-order valence-electron chi connectivity index (χ1n) is 9.16. The molecule has 28 heavy (non-hydrogen) atoms. The van der Waals surface area contributed by atoms with E-state index in [9.17, 15) is 14.9 Å². The predicted molar refractivity (Wildman–Crippen MR) is 101 cm³/mol. The zero-order chi connectivity index (χ0) is 19.7. The number of rotatable bonds is 4. The minimum atomic E-state index is -0.666. The Hall–Kier alpha value is -3.29. The standard InChI is InChI=1S/C20H20N2O6/c1-13-3-2-8-21(11-13)16-6-4-14(9-17(16)22(24)25)20(23)28-15-5-7-18-19(10-15)27-12-26-18/h4-7,9-10,13H,2-3,8,11-12H2,1H3/t13-/m0/s1. The van der Waals surface area contributed by atoms with Crippen LogP contribution in [0.5, 0.6) is 17.2 Å². The van der Waals surface area contributed by atoms with Crippen LogP contribution in [0.4, 0.5) is 11.4 Å². The van der Waals surface area contributed by atoms with Gasteiger partial charge in [-0.3, -0.25) is 10.1 Å². The number of piperidine rings is 1. The molecule has 0 spiro atoms. The first kappa shape index (κ1) is 18.1. The van der Waals surface area contributed by atoms with Gasteiger partial charge in [0.15, 0.2) is 11.5 Å². The summed E-state index contributed by atoms with van der Waals surface area (Å²) in [5.74, 6) is 1.16. The summed E-state index contributed by atoms with van der Waals surface area (Å²) in [5, 5.41) is 11.6. The summed E-state index contributed by atoms with van der Waals surface area (Å²) in [6.07, 6.45) is 2.11. The van der Waals surface area contributed by atoms with Crippen LogP contribution in [0.15, 0.2) is 36.4 Å². The number of benzene rings is 2. The van der Waals surface area contributed by atoms with E-state index < -0.39 is 10.9 Å². The van der Waals surface area contributed by atoms with Crippen LogP contribution in [0.2, 0.25) is 0 Å². The van der Waals surface area contributed by atoms with Crippen molar-refractivity contribution < 1.29 is 23.9 Å². The molecule has 1 saturated heterocycles. The molecule has 2 aromatic carbocycles. The van der Waals surface area contributed by atoms with E-state index in [0.717, 1.165) is 25.9 Å². The number of esters is 1. The quantitative estimate of drug-likeness (QED) is 0.343. The van der Waals surface area contributed by atoms with E-state index in [-0.39, 0.29) is 23.8 Å². The van der Waals surface area contributed by atoms with Crippen LogP contribution in [-0.4, -0.2) is 30.8 Å². The second kappa shape index (κ2) is 7.38. The Labute approximate surface area is 161 Å². The number of carbonyl (C=O) groups is 1. The molecular weight excluding hydrogens is 364 g/mol. The number of carbonyl (C=O) groups excluding carboxylic acids is 1. The molecule has 0 N–H and O–H groups in total. The average Bonchev–Trinajstić information content (AvgIpc) is 3.15. The Morgan fingerprint density at radius 2 is 2.04 bits per heavy atom. The number of nitro groups is 1. The maximum atomic E-state index is 12.5. The highest BCUT2D eigenvalue weighted by Gasteiger charge is 2.26. The minimum Gasteiger partial charge on any atom is -0.454 e. The second-order valence-electron chi connectivity index (χ2n) is 7.06. The van der Waals surface area contributed by atoms with Gasteiger partial charge in [0.25, 0.3) is 5.69 Å². The van der Waals surface area contributed by atoms with Crippen molar-refractivity contribution in [1.29, 1.82) is 0 Å². The lowest BCUT2D eigenvalue weighted by Gasteiger charge is -2.32. The number of hydrogen-bond acceptors (Lipinski definition) is 7. The SMILES string of the molecule is C[C@H]1CCCN(c2ccc(C(=O)Oc3ccc4c(c3)OCO4)cc2[N+](=O)[O-])C1. The van der Waals surface area contributed by atoms with E-state index in [1.165, 1.54) is 6.07 Å². The van der Waals surface area contributed by atoms with Gasteiger partial charge in [0.05, 0.1) is 10.5 Å². The van der Waals surface area contributed by atoms with Gasteiger partial charge in [-0.1, -0.05) is 6.92 Å². The van der Waals surface area contributed by atoms with Crippen LogP contribution in [0.3, 0.4) is 0 Å². The zero-order valence-corrected chi connectivity index (χ0v) is 15.4. The number of ether oxygens (including phenoxy) is 3. The van der Waals surface area contributed by atoms with E-state index in [0.29, 0.717) is 23.1 Å². The molecular formula is C20H20N2O6. The second-order valence-corrected chi connectivity index (χ2v) is 7.06. The Kier molecular flexibility index (Phi) is 4.77. The molecule has 0 amide bonds. The molecule has 8 nitrogen and oxygen atoms in total. The highest BCUT2D eigenvalue weighted by molar-refractivity contribution is 5.93. The smallest absolute Gasteiger partial charge is 0.343 e. The van der Waals surface area contributed by atoms with Crippen molar-refractivity contribution in [3.63, 3.8) is 0 Å². The summed E-state index contributed by atoms with van der Waals surface area (Å²) in [5.41, 5.74) is 0.573. The van der Waals surface area contributed by atoms with Gasteiger partial charge >= 0.3 is 5.97 Å². The van der Waals surface area contributed by atoms with Crippen LogP contribution < -0.4 is 19.1 Å². The van der Waals surface area contributed by atoms with Crippen LogP contribution in [-0.2, 0) is 0 Å². The maximum Gasteiger partial charge on any atom is 0.343 e. The number of hydrogen-bond donors (Lipinski definition) is 0. The van der Waals surface area contributed by atoms with Crippen molar-refractivity contribution in [1.82, 2.24) is 0 Å². The number of nitro benzene ring substituents is 1. The van der Waals surface area contributed by atoms with E-state index >= 15 is 0 Å². The molecule has 1 atom stereocenters. The molecule has 0 bridgehead atoms. The summed E-state index contributed by atoms with van der Waals surface area (Å²) in [4.78, 5) is 25.7. The molecule has 2 aliphatic rings. The van der Waals surface area contributed by atoms with Gasteiger partial charge in [0.2, 0.25) is 6.79 Å². The Morgan fingerprint density at radius 1 is 1.21 bits per heavy atom. The van der Waals surface area contributed by atoms with Crippen molar-refractivity contribution >= 4 is 17.3 Å². The summed E-state index contributed by atoms with van der Waals surface area (Å²) >= 11 is 0. The van der Waals surface area contributed by atoms with E-state index in [1.54, 1.807) is 30.3 Å². The topological polar surface area (TPSA) is 91.1 Å². The summed E-state index contributed by atoms with van der Waals surface area (Å²) < 4.78 is 15.8. The molecule has 4 rings (SSSR count). The van der Waals surface area contributed by atoms with Crippen molar-refractivity contribution in [3.8, 4) is 17.2 Å². The third-order valence-corrected chi connectivity index (χ3v) is 4.96. The molecule has 1 fully saturated rings. The molecule has 146 valence electrons. The Bertz CT molecular complexity index is 929. The molecule has 0 saturated carbocycles. The van der Waals surface area contributed by atoms with Gasteiger partial charge in [-0.15, -0.1) is 0 Å². The molecule has 0 aromatic heterocycles. The highest BCUT2D eigenvalue weighted by Crippen LogP contribution is 2.36. The predicted octanol–water partition coefficient (Wildman–Crippen LogP) is 3.78. The molecule has 2 aliphatic heterocycles. The van der Waals surface area contributed by atoms with Crippen molar-refractivity contribution in [2.24, 2.45) is 5.92 Å². The molecule has 0 unspecified atom stereocenters. The van der Waals surface area contributed by atoms with Gasteiger partial charge in [0, 0.05) is 25.2 Å². The van der Waals surface area contributed by atoms with Gasteiger partial charge in [-0.25, -0.2) is 4.79 Å². The molecule has 2 aromatic rings. The number of nitrogens with zero attached hydrogens (tertiary/aromatic N) is 2. The molecule has 8 heteroatoms. The molecule has 2 heterocycles. The van der Waals surface area contributed by atoms with Crippen LogP contribution >= 0.6 is 0 Å². The largest absolute Gasteiger partial charge is 0.454 e.